The van der Waals surface area contributed by atoms with Crippen LogP contribution in [-0.4, -0.2) is 23.2 Å². The van der Waals surface area contributed by atoms with E-state index in [1.165, 1.54) is 24.3 Å². The molecule has 0 unspecified atom stereocenters. The number of hydrogen-bond donors (Lipinski definition) is 1. The van der Waals surface area contributed by atoms with E-state index in [0.29, 0.717) is 33.8 Å². The Hall–Kier alpha value is -3.75. The van der Waals surface area contributed by atoms with Gasteiger partial charge >= 0.3 is 0 Å². The van der Waals surface area contributed by atoms with Crippen LogP contribution in [0.2, 0.25) is 0 Å². The Bertz CT molecular complexity index is 1310. The number of ether oxygens (including phenoxy) is 2. The molecule has 0 bridgehead atoms. The van der Waals surface area contributed by atoms with Gasteiger partial charge in [0.05, 0.1) is 12.1 Å². The number of carbonyl (C=O) groups is 1. The molecule has 0 atom stereocenters. The molecule has 3 aromatic carbocycles. The Morgan fingerprint density at radius 2 is 1.76 bits per heavy atom. The van der Waals surface area contributed by atoms with Crippen molar-refractivity contribution in [3.63, 3.8) is 0 Å². The molecular formula is C25H19ClFN3O3S. The molecule has 0 fully saturated rings. The largest absolute Gasteiger partial charge is 0.493 e. The molecule has 4 aromatic rings. The summed E-state index contributed by atoms with van der Waals surface area (Å²) in [4.78, 5) is 12.4. The van der Waals surface area contributed by atoms with Crippen molar-refractivity contribution in [2.24, 2.45) is 0 Å². The summed E-state index contributed by atoms with van der Waals surface area (Å²) >= 11 is 7.50. The second-order valence-corrected chi connectivity index (χ2v) is 8.43. The molecule has 0 aliphatic heterocycles. The summed E-state index contributed by atoms with van der Waals surface area (Å²) in [6, 6.07) is 20.7. The quantitative estimate of drug-likeness (QED) is 0.312. The lowest BCUT2D eigenvalue weighted by molar-refractivity contribution is 0.102. The van der Waals surface area contributed by atoms with Gasteiger partial charge in [-0.05, 0) is 53.6 Å². The van der Waals surface area contributed by atoms with E-state index in [1.807, 2.05) is 42.5 Å². The van der Waals surface area contributed by atoms with Crippen molar-refractivity contribution in [3.8, 4) is 11.5 Å². The predicted molar refractivity (Wildman–Crippen MR) is 132 cm³/mol. The lowest BCUT2D eigenvalue weighted by Gasteiger charge is -2.11. The van der Waals surface area contributed by atoms with Crippen molar-refractivity contribution in [3.05, 3.63) is 99.8 Å². The number of hydrogen-bond acceptors (Lipinski definition) is 6. The zero-order valence-corrected chi connectivity index (χ0v) is 19.6. The van der Waals surface area contributed by atoms with Gasteiger partial charge in [0.25, 0.3) is 5.91 Å². The van der Waals surface area contributed by atoms with Gasteiger partial charge in [-0.3, -0.25) is 4.79 Å². The average Bonchev–Trinajstić information content (AvgIpc) is 3.36. The lowest BCUT2D eigenvalue weighted by atomic mass is 10.2. The second-order valence-electron chi connectivity index (χ2n) is 7.05. The highest BCUT2D eigenvalue weighted by Crippen LogP contribution is 2.32. The van der Waals surface area contributed by atoms with Crippen LogP contribution in [0.5, 0.6) is 11.5 Å². The van der Waals surface area contributed by atoms with Gasteiger partial charge in [-0.1, -0.05) is 59.3 Å². The van der Waals surface area contributed by atoms with Crippen LogP contribution in [0.4, 0.5) is 10.1 Å². The summed E-state index contributed by atoms with van der Waals surface area (Å²) in [5, 5.41) is 11.4. The van der Waals surface area contributed by atoms with E-state index in [2.05, 4.69) is 15.5 Å². The highest BCUT2D eigenvalue weighted by Gasteiger charge is 2.15. The van der Waals surface area contributed by atoms with Gasteiger partial charge in [0, 0.05) is 5.69 Å². The number of anilines is 1. The molecule has 1 heterocycles. The molecular weight excluding hydrogens is 477 g/mol. The number of aromatic nitrogens is 2. The van der Waals surface area contributed by atoms with Crippen molar-refractivity contribution in [2.45, 2.75) is 6.61 Å². The van der Waals surface area contributed by atoms with Crippen molar-refractivity contribution in [1.29, 1.82) is 0 Å². The Balaban J connectivity index is 1.47. The minimum atomic E-state index is -0.458. The van der Waals surface area contributed by atoms with Crippen LogP contribution in [0.25, 0.3) is 11.1 Å². The monoisotopic (exact) mass is 495 g/mol. The fraction of sp³-hybridized carbons (Fsp3) is 0.0800. The van der Waals surface area contributed by atoms with E-state index in [4.69, 9.17) is 21.1 Å². The smallest absolute Gasteiger partial charge is 0.286 e. The summed E-state index contributed by atoms with van der Waals surface area (Å²) in [6.45, 7) is 0.390. The SMILES string of the molecule is COc1ccc(/C=C(\Cl)c2nnc(C(=O)Nc3ccc(F)cc3)s2)cc1OCc1ccccc1. The number of carbonyl (C=O) groups excluding carboxylic acids is 1. The van der Waals surface area contributed by atoms with E-state index in [0.717, 1.165) is 22.5 Å². The zero-order chi connectivity index (χ0) is 23.9. The molecule has 1 amide bonds. The number of rotatable bonds is 8. The maximum Gasteiger partial charge on any atom is 0.286 e. The topological polar surface area (TPSA) is 73.3 Å². The van der Waals surface area contributed by atoms with Crippen molar-refractivity contribution in [2.75, 3.05) is 12.4 Å². The fourth-order valence-corrected chi connectivity index (χ4v) is 3.89. The third-order valence-electron chi connectivity index (χ3n) is 4.64. The summed E-state index contributed by atoms with van der Waals surface area (Å²) in [5.41, 5.74) is 2.25. The minimum Gasteiger partial charge on any atom is -0.493 e. The molecule has 0 saturated heterocycles. The van der Waals surface area contributed by atoms with Crippen LogP contribution in [0.15, 0.2) is 72.8 Å². The van der Waals surface area contributed by atoms with Crippen molar-refractivity contribution >= 4 is 45.6 Å². The first-order valence-electron chi connectivity index (χ1n) is 10.1. The van der Waals surface area contributed by atoms with Gasteiger partial charge in [-0.25, -0.2) is 4.39 Å². The summed E-state index contributed by atoms with van der Waals surface area (Å²) < 4.78 is 24.4. The first-order valence-corrected chi connectivity index (χ1v) is 11.3. The van der Waals surface area contributed by atoms with Crippen molar-refractivity contribution < 1.29 is 18.7 Å². The molecule has 1 aromatic heterocycles. The van der Waals surface area contributed by atoms with E-state index in [-0.39, 0.29) is 10.8 Å². The van der Waals surface area contributed by atoms with Gasteiger partial charge in [0.1, 0.15) is 12.4 Å². The molecule has 172 valence electrons. The number of amides is 1. The van der Waals surface area contributed by atoms with E-state index in [1.54, 1.807) is 19.3 Å². The number of methoxy groups -OCH3 is 1. The maximum atomic E-state index is 13.0. The van der Waals surface area contributed by atoms with Crippen LogP contribution >= 0.6 is 22.9 Å². The first kappa shape index (κ1) is 23.4. The third kappa shape index (κ3) is 5.98. The number of nitrogens with one attached hydrogen (secondary N) is 1. The van der Waals surface area contributed by atoms with E-state index >= 15 is 0 Å². The predicted octanol–water partition coefficient (Wildman–Crippen LogP) is 6.25. The molecule has 0 radical (unpaired) electrons. The Labute approximate surface area is 204 Å². The lowest BCUT2D eigenvalue weighted by Crippen LogP contribution is -2.11. The maximum absolute atomic E-state index is 13.0. The van der Waals surface area contributed by atoms with Gasteiger partial charge in [-0.2, -0.15) is 0 Å². The highest BCUT2D eigenvalue weighted by molar-refractivity contribution is 7.15. The van der Waals surface area contributed by atoms with Gasteiger partial charge < -0.3 is 14.8 Å². The molecule has 6 nitrogen and oxygen atoms in total. The molecule has 0 aliphatic rings. The number of nitrogens with zero attached hydrogens (tertiary/aromatic N) is 2. The molecule has 0 aliphatic carbocycles. The highest BCUT2D eigenvalue weighted by atomic mass is 35.5. The van der Waals surface area contributed by atoms with E-state index in [9.17, 15) is 9.18 Å². The fourth-order valence-electron chi connectivity index (χ4n) is 2.97. The van der Waals surface area contributed by atoms with Gasteiger partial charge in [0.2, 0.25) is 5.01 Å². The van der Waals surface area contributed by atoms with E-state index < -0.39 is 5.91 Å². The number of halogens is 2. The first-order chi connectivity index (χ1) is 16.5. The molecule has 0 saturated carbocycles. The van der Waals surface area contributed by atoms with Gasteiger partial charge in [0.15, 0.2) is 16.5 Å². The van der Waals surface area contributed by atoms with Crippen molar-refractivity contribution in [1.82, 2.24) is 10.2 Å². The Kier molecular flexibility index (Phi) is 7.51. The third-order valence-corrected chi connectivity index (χ3v) is 6.00. The molecule has 0 spiro atoms. The second kappa shape index (κ2) is 10.9. The Morgan fingerprint density at radius 3 is 2.50 bits per heavy atom. The Morgan fingerprint density at radius 1 is 1.03 bits per heavy atom. The van der Waals surface area contributed by atoms with Crippen LogP contribution in [0.3, 0.4) is 0 Å². The molecule has 1 N–H and O–H groups in total. The molecule has 9 heteroatoms. The summed E-state index contributed by atoms with van der Waals surface area (Å²) in [5.74, 6) is 0.321. The van der Waals surface area contributed by atoms with Crippen LogP contribution in [0.1, 0.15) is 25.9 Å². The minimum absolute atomic E-state index is 0.132. The summed E-state index contributed by atoms with van der Waals surface area (Å²) in [7, 11) is 1.58. The molecule has 34 heavy (non-hydrogen) atoms. The normalized spacial score (nSPS) is 11.2. The molecule has 4 rings (SSSR count). The zero-order valence-electron chi connectivity index (χ0n) is 18.0. The van der Waals surface area contributed by atoms with Gasteiger partial charge in [-0.15, -0.1) is 10.2 Å². The average molecular weight is 496 g/mol. The van der Waals surface area contributed by atoms with Crippen LogP contribution < -0.4 is 14.8 Å². The summed E-state index contributed by atoms with van der Waals surface area (Å²) in [6.07, 6.45) is 1.71. The van der Waals surface area contributed by atoms with Crippen LogP contribution in [-0.2, 0) is 6.61 Å². The standard InChI is InChI=1S/C25H19ClFN3O3S/c1-32-21-12-7-17(14-22(21)33-15-16-5-3-2-4-6-16)13-20(26)24-29-30-25(34-24)23(31)28-19-10-8-18(27)9-11-19/h2-14H,15H2,1H3,(H,28,31)/b20-13-. The number of benzene rings is 3. The van der Waals surface area contributed by atoms with Crippen LogP contribution in [0, 0.1) is 5.82 Å².